The van der Waals surface area contributed by atoms with Crippen molar-refractivity contribution in [3.05, 3.63) is 63.6 Å². The summed E-state index contributed by atoms with van der Waals surface area (Å²) in [6.45, 7) is 0. The molecular formula is C14H10Br2F2O. The lowest BCUT2D eigenvalue weighted by atomic mass is 10.0. The summed E-state index contributed by atoms with van der Waals surface area (Å²) in [5.41, 5.74) is 1.22. The molecule has 2 aromatic carbocycles. The van der Waals surface area contributed by atoms with E-state index in [-0.39, 0.29) is 4.83 Å². The van der Waals surface area contributed by atoms with Gasteiger partial charge < -0.3 is 4.74 Å². The molecule has 2 rings (SSSR count). The van der Waals surface area contributed by atoms with Gasteiger partial charge in [0, 0.05) is 16.1 Å². The van der Waals surface area contributed by atoms with Crippen LogP contribution in [0.15, 0.2) is 40.9 Å². The van der Waals surface area contributed by atoms with Gasteiger partial charge in [-0.15, -0.1) is 0 Å². The van der Waals surface area contributed by atoms with Crippen molar-refractivity contribution >= 4 is 31.9 Å². The molecule has 1 unspecified atom stereocenters. The third-order valence-corrected chi connectivity index (χ3v) is 4.39. The molecule has 0 aliphatic rings. The van der Waals surface area contributed by atoms with E-state index in [9.17, 15) is 8.78 Å². The van der Waals surface area contributed by atoms with Crippen molar-refractivity contribution in [2.75, 3.05) is 7.11 Å². The second kappa shape index (κ2) is 6.01. The maximum absolute atomic E-state index is 13.8. The lowest BCUT2D eigenvalue weighted by molar-refractivity contribution is 0.414. The van der Waals surface area contributed by atoms with Gasteiger partial charge in [-0.3, -0.25) is 0 Å². The average molecular weight is 392 g/mol. The zero-order valence-corrected chi connectivity index (χ0v) is 13.1. The van der Waals surface area contributed by atoms with Crippen LogP contribution in [-0.4, -0.2) is 7.11 Å². The predicted octanol–water partition coefficient (Wildman–Crippen LogP) is 5.22. The van der Waals surface area contributed by atoms with E-state index in [2.05, 4.69) is 31.9 Å². The maximum atomic E-state index is 13.8. The number of hydrogen-bond acceptors (Lipinski definition) is 1. The lowest BCUT2D eigenvalue weighted by Crippen LogP contribution is -1.98. The Kier molecular flexibility index (Phi) is 4.58. The summed E-state index contributed by atoms with van der Waals surface area (Å²) < 4.78 is 32.6. The highest BCUT2D eigenvalue weighted by Gasteiger charge is 2.18. The highest BCUT2D eigenvalue weighted by atomic mass is 79.9. The van der Waals surface area contributed by atoms with Crippen molar-refractivity contribution in [3.63, 3.8) is 0 Å². The van der Waals surface area contributed by atoms with Crippen molar-refractivity contribution in [1.29, 1.82) is 0 Å². The van der Waals surface area contributed by atoms with Gasteiger partial charge in [0.25, 0.3) is 0 Å². The van der Waals surface area contributed by atoms with E-state index in [1.165, 1.54) is 12.1 Å². The Morgan fingerprint density at radius 1 is 1.05 bits per heavy atom. The second-order valence-electron chi connectivity index (χ2n) is 3.92. The molecule has 0 radical (unpaired) electrons. The summed E-state index contributed by atoms with van der Waals surface area (Å²) >= 11 is 6.85. The molecule has 2 aromatic rings. The van der Waals surface area contributed by atoms with E-state index >= 15 is 0 Å². The molecule has 19 heavy (non-hydrogen) atoms. The Labute approximate surface area is 126 Å². The van der Waals surface area contributed by atoms with Gasteiger partial charge in [-0.05, 0) is 23.8 Å². The van der Waals surface area contributed by atoms with Crippen molar-refractivity contribution in [3.8, 4) is 5.75 Å². The van der Waals surface area contributed by atoms with Gasteiger partial charge in [0.2, 0.25) is 0 Å². The second-order valence-corrected chi connectivity index (χ2v) is 5.69. The molecule has 0 aliphatic heterocycles. The number of halogens is 4. The van der Waals surface area contributed by atoms with E-state index in [1.54, 1.807) is 19.2 Å². The van der Waals surface area contributed by atoms with Crippen LogP contribution < -0.4 is 4.74 Å². The van der Waals surface area contributed by atoms with E-state index in [0.29, 0.717) is 11.3 Å². The minimum Gasteiger partial charge on any atom is -0.497 e. The van der Waals surface area contributed by atoms with Gasteiger partial charge >= 0.3 is 0 Å². The van der Waals surface area contributed by atoms with Crippen molar-refractivity contribution < 1.29 is 13.5 Å². The molecule has 0 heterocycles. The van der Waals surface area contributed by atoms with E-state index in [4.69, 9.17) is 4.74 Å². The molecule has 0 spiro atoms. The Balaban J connectivity index is 2.41. The van der Waals surface area contributed by atoms with E-state index < -0.39 is 11.6 Å². The Hall–Kier alpha value is -0.940. The standard InChI is InChI=1S/C14H10Br2F2O/c1-19-9-3-5-10(12(15)7-9)14(16)11-4-2-8(17)6-13(11)18/h2-7,14H,1H3. The van der Waals surface area contributed by atoms with E-state index in [0.717, 1.165) is 16.1 Å². The monoisotopic (exact) mass is 390 g/mol. The number of rotatable bonds is 3. The third-order valence-electron chi connectivity index (χ3n) is 2.72. The molecule has 0 amide bonds. The summed E-state index contributed by atoms with van der Waals surface area (Å²) in [6.07, 6.45) is 0. The average Bonchev–Trinajstić information content (AvgIpc) is 2.37. The summed E-state index contributed by atoms with van der Waals surface area (Å²) in [7, 11) is 1.58. The van der Waals surface area contributed by atoms with Gasteiger partial charge in [-0.25, -0.2) is 8.78 Å². The highest BCUT2D eigenvalue weighted by molar-refractivity contribution is 9.11. The van der Waals surface area contributed by atoms with Crippen molar-refractivity contribution in [2.45, 2.75) is 4.83 Å². The molecule has 0 N–H and O–H groups in total. The fraction of sp³-hybridized carbons (Fsp3) is 0.143. The SMILES string of the molecule is COc1ccc(C(Br)c2ccc(F)cc2F)c(Br)c1. The van der Waals surface area contributed by atoms with E-state index in [1.807, 2.05) is 6.07 Å². The van der Waals surface area contributed by atoms with Gasteiger partial charge in [0.15, 0.2) is 0 Å². The summed E-state index contributed by atoms with van der Waals surface area (Å²) in [5.74, 6) is -0.464. The smallest absolute Gasteiger partial charge is 0.130 e. The Morgan fingerprint density at radius 3 is 2.32 bits per heavy atom. The fourth-order valence-electron chi connectivity index (χ4n) is 1.71. The minimum atomic E-state index is -0.588. The number of alkyl halides is 1. The highest BCUT2D eigenvalue weighted by Crippen LogP contribution is 2.38. The predicted molar refractivity (Wildman–Crippen MR) is 77.8 cm³/mol. The number of hydrogen-bond donors (Lipinski definition) is 0. The molecule has 0 fully saturated rings. The Morgan fingerprint density at radius 2 is 1.74 bits per heavy atom. The zero-order valence-electron chi connectivity index (χ0n) is 9.96. The topological polar surface area (TPSA) is 9.23 Å². The molecule has 1 nitrogen and oxygen atoms in total. The fourth-order valence-corrected chi connectivity index (χ4v) is 3.38. The summed E-state index contributed by atoms with van der Waals surface area (Å²) in [4.78, 5) is -0.367. The van der Waals surface area contributed by atoms with Crippen LogP contribution in [0.5, 0.6) is 5.75 Å². The lowest BCUT2D eigenvalue weighted by Gasteiger charge is -2.14. The van der Waals surface area contributed by atoms with Crippen LogP contribution in [0.3, 0.4) is 0 Å². The molecule has 0 aliphatic carbocycles. The van der Waals surface area contributed by atoms with Crippen LogP contribution in [0.25, 0.3) is 0 Å². The van der Waals surface area contributed by atoms with Gasteiger partial charge in [0.05, 0.1) is 11.9 Å². The molecule has 1 atom stereocenters. The molecular weight excluding hydrogens is 382 g/mol. The number of ether oxygens (including phenoxy) is 1. The van der Waals surface area contributed by atoms with Crippen molar-refractivity contribution in [2.24, 2.45) is 0 Å². The first-order chi connectivity index (χ1) is 9.02. The first-order valence-corrected chi connectivity index (χ1v) is 7.16. The zero-order chi connectivity index (χ0) is 14.0. The number of benzene rings is 2. The molecule has 0 saturated carbocycles. The minimum absolute atomic E-state index is 0.367. The molecule has 5 heteroatoms. The molecule has 0 bridgehead atoms. The van der Waals surface area contributed by atoms with Crippen molar-refractivity contribution in [1.82, 2.24) is 0 Å². The van der Waals surface area contributed by atoms with Gasteiger partial charge in [-0.1, -0.05) is 44.0 Å². The van der Waals surface area contributed by atoms with Crippen LogP contribution in [0.1, 0.15) is 16.0 Å². The van der Waals surface area contributed by atoms with Gasteiger partial charge in [0.1, 0.15) is 17.4 Å². The Bertz CT molecular complexity index is 602. The van der Waals surface area contributed by atoms with Crippen LogP contribution >= 0.6 is 31.9 Å². The number of methoxy groups -OCH3 is 1. The first kappa shape index (κ1) is 14.5. The molecule has 0 aromatic heterocycles. The summed E-state index contributed by atoms with van der Waals surface area (Å²) in [5, 5.41) is 0. The summed E-state index contributed by atoms with van der Waals surface area (Å²) in [6, 6.07) is 8.96. The van der Waals surface area contributed by atoms with Crippen LogP contribution in [0.2, 0.25) is 0 Å². The van der Waals surface area contributed by atoms with Crippen LogP contribution in [-0.2, 0) is 0 Å². The largest absolute Gasteiger partial charge is 0.497 e. The van der Waals surface area contributed by atoms with Crippen LogP contribution in [0.4, 0.5) is 8.78 Å². The first-order valence-electron chi connectivity index (χ1n) is 5.45. The maximum Gasteiger partial charge on any atom is 0.130 e. The van der Waals surface area contributed by atoms with Gasteiger partial charge in [-0.2, -0.15) is 0 Å². The molecule has 100 valence electrons. The quantitative estimate of drug-likeness (QED) is 0.651. The molecule has 0 saturated heterocycles. The van der Waals surface area contributed by atoms with Crippen LogP contribution in [0, 0.1) is 11.6 Å². The normalized spacial score (nSPS) is 12.3. The third kappa shape index (κ3) is 3.15.